The standard InChI is InChI=1S/C20H17FN.C19H15FN.C18H13FN.C17H11FN.4C12H10N.4Ir/c1-14(2)18-12-16(8-10-19(18)21)17-9-11-20(22-13-17)15-6-4-3-5-7-15;1-2-14-12-16(8-10-18(14)20)17-9-11-19(21-13-17)15-6-4-3-5-7-15;1-13-11-15(7-9-17(13)19)16-8-10-18(20-12-16)14-5-3-2-4-6-14;18-16-9-6-13(7-10-16)15-8-11-17(19-12-15)14-4-2-1-3-5-14;4*1-10-7-8-12(13-9-10)11-5-3-2-4-6-11;;;;/h3-6,8-14H,1-2H3;3-6,8-13H,2H2,1H3;2-5,7-12H,1H3;1-4,6-12H;4*2-5,7-9H,1H3;;;;/q8*-1;;;;. The quantitative estimate of drug-likeness (QED) is 0.0784. The van der Waals surface area contributed by atoms with Gasteiger partial charge in [0.1, 0.15) is 23.3 Å². The molecule has 0 bridgehead atoms. The summed E-state index contributed by atoms with van der Waals surface area (Å²) in [5, 5.41) is 0. The molecule has 0 aliphatic carbocycles. The van der Waals surface area contributed by atoms with Gasteiger partial charge in [0.2, 0.25) is 0 Å². The zero-order valence-electron chi connectivity index (χ0n) is 77.0. The van der Waals surface area contributed by atoms with E-state index in [1.165, 1.54) is 52.6 Å². The Morgan fingerprint density at radius 3 is 0.674 bits per heavy atom. The normalized spacial score (nSPS) is 10.0. The summed E-state index contributed by atoms with van der Waals surface area (Å²) in [6.45, 7) is 15.8. The van der Waals surface area contributed by atoms with E-state index in [0.717, 1.165) is 146 Å². The van der Waals surface area contributed by atoms with Gasteiger partial charge in [-0.3, -0.25) is 0 Å². The fourth-order valence-electron chi connectivity index (χ4n) is 13.5. The first kappa shape index (κ1) is 108. The molecule has 0 fully saturated rings. The predicted octanol–water partition coefficient (Wildman–Crippen LogP) is 30.8. The van der Waals surface area contributed by atoms with E-state index in [0.29, 0.717) is 12.0 Å². The molecule has 12 aromatic carbocycles. The van der Waals surface area contributed by atoms with Gasteiger partial charge in [-0.05, 0) is 224 Å². The van der Waals surface area contributed by atoms with E-state index in [-0.39, 0.29) is 110 Å². The molecular formula is C122H96F4Ir4N8-8. The summed E-state index contributed by atoms with van der Waals surface area (Å²) in [5.41, 5.74) is 30.2. The summed E-state index contributed by atoms with van der Waals surface area (Å²) in [7, 11) is 0. The second kappa shape index (κ2) is 56.6. The van der Waals surface area contributed by atoms with Crippen LogP contribution in [0.5, 0.6) is 0 Å². The maximum Gasteiger partial charge on any atom is 0.126 e. The monoisotopic (exact) mass is 2520 g/mol. The minimum Gasteiger partial charge on any atom is -0.304 e. The first-order valence-corrected chi connectivity index (χ1v) is 43.9. The van der Waals surface area contributed by atoms with Crippen molar-refractivity contribution < 1.29 is 98.0 Å². The Bertz CT molecular complexity index is 6590. The summed E-state index contributed by atoms with van der Waals surface area (Å²) in [4.78, 5) is 35.1. The molecule has 696 valence electrons. The largest absolute Gasteiger partial charge is 0.304 e. The number of halogens is 4. The Hall–Kier alpha value is -13.8. The van der Waals surface area contributed by atoms with Crippen LogP contribution in [0.15, 0.2) is 420 Å². The maximum atomic E-state index is 13.8. The Morgan fingerprint density at radius 1 is 0.225 bits per heavy atom. The fourth-order valence-corrected chi connectivity index (χ4v) is 13.5. The van der Waals surface area contributed by atoms with Crippen molar-refractivity contribution in [2.24, 2.45) is 0 Å². The molecule has 8 aromatic heterocycles. The molecule has 4 radical (unpaired) electrons. The third-order valence-corrected chi connectivity index (χ3v) is 21.0. The number of aryl methyl sites for hydroxylation is 6. The summed E-state index contributed by atoms with van der Waals surface area (Å²) in [6, 6.07) is 142. The van der Waals surface area contributed by atoms with Gasteiger partial charge in [0.05, 0.1) is 0 Å². The van der Waals surface area contributed by atoms with E-state index in [9.17, 15) is 17.6 Å². The predicted molar refractivity (Wildman–Crippen MR) is 537 cm³/mol. The zero-order chi connectivity index (χ0) is 93.6. The maximum absolute atomic E-state index is 13.8. The van der Waals surface area contributed by atoms with Gasteiger partial charge in [0.25, 0.3) is 0 Å². The molecule has 8 nitrogen and oxygen atoms in total. The van der Waals surface area contributed by atoms with Gasteiger partial charge in [-0.2, -0.15) is 0 Å². The van der Waals surface area contributed by atoms with Crippen LogP contribution in [-0.4, -0.2) is 39.9 Å². The number of pyridine rings is 8. The van der Waals surface area contributed by atoms with Gasteiger partial charge < -0.3 is 39.9 Å². The molecule has 16 heteroatoms. The third kappa shape index (κ3) is 33.0. The molecule has 138 heavy (non-hydrogen) atoms. The molecule has 0 unspecified atom stereocenters. The van der Waals surface area contributed by atoms with E-state index in [1.807, 2.05) is 377 Å². The average Bonchev–Trinajstić information content (AvgIpc) is 0.818. The molecule has 0 atom stereocenters. The van der Waals surface area contributed by atoms with Crippen molar-refractivity contribution in [3.05, 3.63) is 530 Å². The van der Waals surface area contributed by atoms with Gasteiger partial charge in [-0.15, -0.1) is 287 Å². The molecule has 0 saturated heterocycles. The van der Waals surface area contributed by atoms with Crippen molar-refractivity contribution in [2.45, 2.75) is 67.7 Å². The van der Waals surface area contributed by atoms with Crippen LogP contribution in [0.25, 0.3) is 135 Å². The molecule has 0 amide bonds. The van der Waals surface area contributed by atoms with Gasteiger partial charge in [0.15, 0.2) is 0 Å². The fraction of sp³-hybridized carbons (Fsp3) is 0.0820. The van der Waals surface area contributed by atoms with E-state index < -0.39 is 0 Å². The molecule has 8 heterocycles. The Labute approximate surface area is 863 Å². The zero-order valence-corrected chi connectivity index (χ0v) is 86.6. The van der Waals surface area contributed by atoms with E-state index in [1.54, 1.807) is 43.5 Å². The van der Waals surface area contributed by atoms with E-state index >= 15 is 0 Å². The first-order chi connectivity index (χ1) is 65.4. The number of rotatable bonds is 14. The summed E-state index contributed by atoms with van der Waals surface area (Å²) < 4.78 is 53.5. The number of hydrogen-bond donors (Lipinski definition) is 0. The van der Waals surface area contributed by atoms with Gasteiger partial charge in [-0.25, -0.2) is 17.6 Å². The average molecular weight is 2520 g/mol. The van der Waals surface area contributed by atoms with Crippen LogP contribution < -0.4 is 0 Å². The molecule has 0 spiro atoms. The summed E-state index contributed by atoms with van der Waals surface area (Å²) in [6.07, 6.45) is 15.4. The molecule has 0 aliphatic heterocycles. The minimum atomic E-state index is -0.229. The molecule has 20 rings (SSSR count). The van der Waals surface area contributed by atoms with Crippen LogP contribution >= 0.6 is 0 Å². The summed E-state index contributed by atoms with van der Waals surface area (Å²) >= 11 is 0. The van der Waals surface area contributed by atoms with Crippen LogP contribution in [0.1, 0.15) is 65.6 Å². The Morgan fingerprint density at radius 2 is 0.449 bits per heavy atom. The van der Waals surface area contributed by atoms with E-state index in [4.69, 9.17) is 0 Å². The smallest absolute Gasteiger partial charge is 0.126 e. The second-order valence-corrected chi connectivity index (χ2v) is 31.3. The minimum absolute atomic E-state index is 0. The Kier molecular flexibility index (Phi) is 44.2. The van der Waals surface area contributed by atoms with Crippen molar-refractivity contribution in [3.63, 3.8) is 0 Å². The SMILES string of the molecule is CC(C)c1cc(-c2ccc(-c3[c-]cccc3)nc2)ccc1F.CCc1cc(-c2ccc(-c3[c-]cccc3)nc2)ccc1F.Cc1cc(-c2ccc(-c3[c-]cccc3)nc2)ccc1F.Cc1ccc(-c2[c-]cccc2)nc1.Cc1ccc(-c2[c-]cccc2)nc1.Cc1ccc(-c2[c-]cccc2)nc1.Cc1ccc(-c2[c-]cccc2)nc1.Fc1ccc(-c2ccc(-c3[c-]cccc3)nc2)cc1.[Ir].[Ir].[Ir].[Ir]. The Balaban J connectivity index is 0.000000177. The van der Waals surface area contributed by atoms with Crippen molar-refractivity contribution in [3.8, 4) is 135 Å². The van der Waals surface area contributed by atoms with Crippen molar-refractivity contribution in [1.29, 1.82) is 0 Å². The van der Waals surface area contributed by atoms with Gasteiger partial charge >= 0.3 is 0 Å². The van der Waals surface area contributed by atoms with Gasteiger partial charge in [-0.1, -0.05) is 148 Å². The van der Waals surface area contributed by atoms with Crippen molar-refractivity contribution in [2.75, 3.05) is 0 Å². The van der Waals surface area contributed by atoms with Crippen LogP contribution in [0.4, 0.5) is 17.6 Å². The van der Waals surface area contributed by atoms with Crippen LogP contribution in [0.2, 0.25) is 0 Å². The van der Waals surface area contributed by atoms with E-state index in [2.05, 4.69) is 113 Å². The van der Waals surface area contributed by atoms with Crippen molar-refractivity contribution in [1.82, 2.24) is 39.9 Å². The van der Waals surface area contributed by atoms with Gasteiger partial charge in [0, 0.05) is 130 Å². The van der Waals surface area contributed by atoms with Crippen LogP contribution in [0.3, 0.4) is 0 Å². The van der Waals surface area contributed by atoms with Crippen molar-refractivity contribution >= 4 is 0 Å². The summed E-state index contributed by atoms with van der Waals surface area (Å²) in [5.74, 6) is -0.553. The molecular weight excluding hydrogens is 2420 g/mol. The molecule has 0 N–H and O–H groups in total. The number of aromatic nitrogens is 8. The molecule has 0 aliphatic rings. The number of benzene rings is 12. The van der Waals surface area contributed by atoms with Crippen LogP contribution in [-0.2, 0) is 86.8 Å². The number of nitrogens with zero attached hydrogens (tertiary/aromatic N) is 8. The van der Waals surface area contributed by atoms with Crippen LogP contribution in [0, 0.1) is 106 Å². The molecule has 20 aromatic rings. The second-order valence-electron chi connectivity index (χ2n) is 31.3. The number of hydrogen-bond acceptors (Lipinski definition) is 8. The molecule has 0 saturated carbocycles. The topological polar surface area (TPSA) is 103 Å². The third-order valence-electron chi connectivity index (χ3n) is 21.0. The first-order valence-electron chi connectivity index (χ1n) is 43.9.